The van der Waals surface area contributed by atoms with Crippen molar-refractivity contribution in [2.45, 2.75) is 13.8 Å². The van der Waals surface area contributed by atoms with E-state index >= 15 is 0 Å². The van der Waals surface area contributed by atoms with Crippen LogP contribution in [-0.2, 0) is 0 Å². The van der Waals surface area contributed by atoms with E-state index in [9.17, 15) is 0 Å². The average Bonchev–Trinajstić information content (AvgIpc) is 2.46. The number of para-hydroxylation sites is 1. The first-order valence-corrected chi connectivity index (χ1v) is 7.68. The van der Waals surface area contributed by atoms with E-state index in [1.54, 1.807) is 5.01 Å². The average molecular weight is 302 g/mol. The van der Waals surface area contributed by atoms with Crippen LogP contribution in [0.1, 0.15) is 11.6 Å². The minimum atomic E-state index is 0.565. The van der Waals surface area contributed by atoms with Crippen LogP contribution in [0.2, 0.25) is 0 Å². The standard InChI is InChI=1S/C14H18N6S/c1-10-15-11(2)17-13(16-10)20(3)19-14(21-4)18-12-8-6-5-7-9-12/h5-9H,1-4H3,(H,18,19). The van der Waals surface area contributed by atoms with E-state index in [1.807, 2.05) is 57.5 Å². The van der Waals surface area contributed by atoms with Crippen LogP contribution in [0.5, 0.6) is 0 Å². The van der Waals surface area contributed by atoms with Gasteiger partial charge in [-0.25, -0.2) is 9.98 Å². The molecule has 2 rings (SSSR count). The number of aliphatic imine (C=N–C) groups is 1. The first-order valence-electron chi connectivity index (χ1n) is 6.46. The van der Waals surface area contributed by atoms with Crippen molar-refractivity contribution in [1.29, 1.82) is 0 Å². The van der Waals surface area contributed by atoms with E-state index in [2.05, 4.69) is 25.4 Å². The summed E-state index contributed by atoms with van der Waals surface area (Å²) in [6, 6.07) is 9.79. The molecule has 1 aromatic heterocycles. The molecule has 0 aliphatic rings. The van der Waals surface area contributed by atoms with Crippen LogP contribution < -0.4 is 10.4 Å². The summed E-state index contributed by atoms with van der Waals surface area (Å²) >= 11 is 1.52. The van der Waals surface area contributed by atoms with Crippen molar-refractivity contribution < 1.29 is 0 Å². The molecule has 0 saturated heterocycles. The van der Waals surface area contributed by atoms with E-state index in [0.29, 0.717) is 17.6 Å². The van der Waals surface area contributed by atoms with Gasteiger partial charge in [-0.05, 0) is 32.2 Å². The molecule has 0 unspecified atom stereocenters. The SMILES string of the molecule is CSC(=Nc1ccccc1)NN(C)c1nc(C)nc(C)n1. The number of nitrogens with zero attached hydrogens (tertiary/aromatic N) is 5. The lowest BCUT2D eigenvalue weighted by Gasteiger charge is -2.19. The zero-order valence-electron chi connectivity index (χ0n) is 12.5. The normalized spacial score (nSPS) is 11.3. The molecule has 1 aromatic carbocycles. The smallest absolute Gasteiger partial charge is 0.247 e. The number of aryl methyl sites for hydroxylation is 2. The second-order valence-electron chi connectivity index (χ2n) is 4.36. The van der Waals surface area contributed by atoms with Crippen molar-refractivity contribution in [3.8, 4) is 0 Å². The number of nitrogens with one attached hydrogen (secondary N) is 1. The maximum absolute atomic E-state index is 4.54. The number of amidine groups is 1. The van der Waals surface area contributed by atoms with Crippen LogP contribution in [0, 0.1) is 13.8 Å². The third kappa shape index (κ3) is 4.42. The Balaban J connectivity index is 2.16. The Morgan fingerprint density at radius 1 is 1.10 bits per heavy atom. The summed E-state index contributed by atoms with van der Waals surface area (Å²) in [6.07, 6.45) is 1.96. The van der Waals surface area contributed by atoms with Gasteiger partial charge in [0, 0.05) is 7.05 Å². The highest BCUT2D eigenvalue weighted by molar-refractivity contribution is 8.13. The Morgan fingerprint density at radius 2 is 1.71 bits per heavy atom. The summed E-state index contributed by atoms with van der Waals surface area (Å²) in [5.41, 5.74) is 4.07. The van der Waals surface area contributed by atoms with Gasteiger partial charge in [0.15, 0.2) is 5.17 Å². The lowest BCUT2D eigenvalue weighted by atomic mass is 10.3. The molecular weight excluding hydrogens is 284 g/mol. The predicted octanol–water partition coefficient (Wildman–Crippen LogP) is 2.48. The molecule has 21 heavy (non-hydrogen) atoms. The molecule has 1 N–H and O–H groups in total. The Morgan fingerprint density at radius 3 is 2.29 bits per heavy atom. The molecule has 2 aromatic rings. The van der Waals surface area contributed by atoms with Crippen LogP contribution in [0.3, 0.4) is 0 Å². The van der Waals surface area contributed by atoms with Gasteiger partial charge in [0.05, 0.1) is 5.69 Å². The minimum Gasteiger partial charge on any atom is -0.274 e. The van der Waals surface area contributed by atoms with Gasteiger partial charge in [-0.3, -0.25) is 10.4 Å². The third-order valence-corrected chi connectivity index (χ3v) is 3.16. The molecule has 0 saturated carbocycles. The van der Waals surface area contributed by atoms with Gasteiger partial charge in [0.25, 0.3) is 0 Å². The van der Waals surface area contributed by atoms with Crippen molar-refractivity contribution in [2.75, 3.05) is 18.3 Å². The van der Waals surface area contributed by atoms with Gasteiger partial charge in [-0.15, -0.1) is 0 Å². The Kier molecular flexibility index (Phi) is 5.10. The number of aromatic nitrogens is 3. The predicted molar refractivity (Wildman–Crippen MR) is 87.9 cm³/mol. The first-order chi connectivity index (χ1) is 10.1. The third-order valence-electron chi connectivity index (χ3n) is 2.59. The van der Waals surface area contributed by atoms with Gasteiger partial charge in [-0.2, -0.15) is 9.97 Å². The van der Waals surface area contributed by atoms with E-state index in [1.165, 1.54) is 11.8 Å². The van der Waals surface area contributed by atoms with Gasteiger partial charge in [0.1, 0.15) is 11.6 Å². The Bertz CT molecular complexity index is 608. The molecule has 110 valence electrons. The van der Waals surface area contributed by atoms with Crippen molar-refractivity contribution in [3.63, 3.8) is 0 Å². The molecule has 0 radical (unpaired) electrons. The van der Waals surface area contributed by atoms with Crippen LogP contribution in [-0.4, -0.2) is 33.4 Å². The number of benzene rings is 1. The molecule has 6 nitrogen and oxygen atoms in total. The summed E-state index contributed by atoms with van der Waals surface area (Å²) in [6.45, 7) is 3.69. The zero-order valence-corrected chi connectivity index (χ0v) is 13.3. The van der Waals surface area contributed by atoms with Gasteiger partial charge < -0.3 is 0 Å². The number of thioether (sulfide) groups is 1. The monoisotopic (exact) mass is 302 g/mol. The number of rotatable bonds is 3. The molecule has 0 fully saturated rings. The van der Waals surface area contributed by atoms with E-state index in [4.69, 9.17) is 0 Å². The van der Waals surface area contributed by atoms with Gasteiger partial charge in [-0.1, -0.05) is 30.0 Å². The lowest BCUT2D eigenvalue weighted by Crippen LogP contribution is -2.39. The van der Waals surface area contributed by atoms with E-state index in [-0.39, 0.29) is 0 Å². The second kappa shape index (κ2) is 7.03. The first kappa shape index (κ1) is 15.2. The molecule has 0 spiro atoms. The highest BCUT2D eigenvalue weighted by atomic mass is 32.2. The van der Waals surface area contributed by atoms with Crippen molar-refractivity contribution in [1.82, 2.24) is 20.4 Å². The largest absolute Gasteiger partial charge is 0.274 e. The maximum Gasteiger partial charge on any atom is 0.247 e. The van der Waals surface area contributed by atoms with E-state index in [0.717, 1.165) is 10.9 Å². The Labute approximate surface area is 128 Å². The summed E-state index contributed by atoms with van der Waals surface area (Å²) < 4.78 is 0. The molecule has 1 heterocycles. The fraction of sp³-hybridized carbons (Fsp3) is 0.286. The summed E-state index contributed by atoms with van der Waals surface area (Å²) in [7, 11) is 1.85. The highest BCUT2D eigenvalue weighted by Crippen LogP contribution is 2.13. The number of anilines is 1. The quantitative estimate of drug-likeness (QED) is 0.534. The van der Waals surface area contributed by atoms with Crippen molar-refractivity contribution in [3.05, 3.63) is 42.0 Å². The van der Waals surface area contributed by atoms with Crippen LogP contribution in [0.25, 0.3) is 0 Å². The van der Waals surface area contributed by atoms with Gasteiger partial charge in [0.2, 0.25) is 5.95 Å². The van der Waals surface area contributed by atoms with Crippen LogP contribution >= 0.6 is 11.8 Å². The second-order valence-corrected chi connectivity index (χ2v) is 5.15. The Hall–Kier alpha value is -2.15. The lowest BCUT2D eigenvalue weighted by molar-refractivity contribution is 0.799. The molecule has 0 atom stereocenters. The number of hydrogen-bond donors (Lipinski definition) is 1. The van der Waals surface area contributed by atoms with Crippen LogP contribution in [0.15, 0.2) is 35.3 Å². The number of hydrogen-bond acceptors (Lipinski definition) is 6. The van der Waals surface area contributed by atoms with Crippen LogP contribution in [0.4, 0.5) is 11.6 Å². The summed E-state index contributed by atoms with van der Waals surface area (Å²) in [5.74, 6) is 1.95. The van der Waals surface area contributed by atoms with Crippen molar-refractivity contribution >= 4 is 28.6 Å². The molecule has 0 aliphatic carbocycles. The molecule has 7 heteroatoms. The molecular formula is C14H18N6S. The fourth-order valence-corrected chi connectivity index (χ4v) is 2.10. The summed E-state index contributed by atoms with van der Waals surface area (Å²) in [4.78, 5) is 17.3. The van der Waals surface area contributed by atoms with Gasteiger partial charge >= 0.3 is 0 Å². The number of hydrazine groups is 1. The molecule has 0 bridgehead atoms. The van der Waals surface area contributed by atoms with E-state index < -0.39 is 0 Å². The molecule has 0 amide bonds. The zero-order chi connectivity index (χ0) is 15.2. The summed E-state index contributed by atoms with van der Waals surface area (Å²) in [5, 5.41) is 2.50. The topological polar surface area (TPSA) is 66.3 Å². The molecule has 0 aliphatic heterocycles. The maximum atomic E-state index is 4.54. The van der Waals surface area contributed by atoms with Crippen molar-refractivity contribution in [2.24, 2.45) is 4.99 Å². The fourth-order valence-electron chi connectivity index (χ4n) is 1.68. The minimum absolute atomic E-state index is 0.565. The highest BCUT2D eigenvalue weighted by Gasteiger charge is 2.08.